The van der Waals surface area contributed by atoms with E-state index < -0.39 is 0 Å². The van der Waals surface area contributed by atoms with Crippen molar-refractivity contribution in [2.45, 2.75) is 45.1 Å². The molecule has 0 radical (unpaired) electrons. The molecule has 0 bridgehead atoms. The van der Waals surface area contributed by atoms with Crippen LogP contribution < -0.4 is 4.74 Å². The molecule has 2 aromatic carbocycles. The van der Waals surface area contributed by atoms with E-state index in [1.807, 2.05) is 42.5 Å². The lowest BCUT2D eigenvalue weighted by atomic mass is 9.94. The van der Waals surface area contributed by atoms with E-state index in [1.54, 1.807) is 12.1 Å². The highest BCUT2D eigenvalue weighted by atomic mass is 16.5. The Labute approximate surface area is 155 Å². The molecule has 2 aromatic rings. The summed E-state index contributed by atoms with van der Waals surface area (Å²) in [5.41, 5.74) is 2.97. The van der Waals surface area contributed by atoms with Crippen LogP contribution in [0.4, 0.5) is 0 Å². The normalized spacial score (nSPS) is 15.7. The van der Waals surface area contributed by atoms with Gasteiger partial charge in [0.15, 0.2) is 0 Å². The van der Waals surface area contributed by atoms with E-state index in [-0.39, 0.29) is 11.4 Å². The van der Waals surface area contributed by atoms with Gasteiger partial charge in [-0.25, -0.2) is 5.01 Å². The molecule has 0 aliphatic carbocycles. The topological polar surface area (TPSA) is 41.9 Å². The summed E-state index contributed by atoms with van der Waals surface area (Å²) in [7, 11) is 1.65. The van der Waals surface area contributed by atoms with Crippen molar-refractivity contribution in [1.29, 1.82) is 0 Å². The van der Waals surface area contributed by atoms with Gasteiger partial charge in [0.2, 0.25) is 5.91 Å². The van der Waals surface area contributed by atoms with Crippen molar-refractivity contribution in [2.75, 3.05) is 7.11 Å². The monoisotopic (exact) mass is 350 g/mol. The first-order valence-corrected chi connectivity index (χ1v) is 9.08. The predicted octanol–water partition coefficient (Wildman–Crippen LogP) is 4.43. The van der Waals surface area contributed by atoms with Gasteiger partial charge in [-0.05, 0) is 62.1 Å². The van der Waals surface area contributed by atoms with Crippen LogP contribution in [0.2, 0.25) is 0 Å². The average molecular weight is 350 g/mol. The number of hydrogen-bond acceptors (Lipinski definition) is 3. The van der Waals surface area contributed by atoms with Gasteiger partial charge in [-0.2, -0.15) is 5.10 Å². The van der Waals surface area contributed by atoms with Crippen molar-refractivity contribution in [3.05, 3.63) is 65.7 Å². The Bertz CT molecular complexity index is 780. The molecule has 0 unspecified atom stereocenters. The molecule has 4 nitrogen and oxygen atoms in total. The maximum absolute atomic E-state index is 12.7. The first-order valence-electron chi connectivity index (χ1n) is 9.08. The molecule has 136 valence electrons. The molecule has 0 saturated carbocycles. The summed E-state index contributed by atoms with van der Waals surface area (Å²) in [4.78, 5) is 12.7. The van der Waals surface area contributed by atoms with Crippen LogP contribution in [0.1, 0.15) is 44.2 Å². The standard InChI is InChI=1S/C22H26N2O2/c1-22(2)16-20(18-12-14-19(26-3)15-13-18)23-24(22)21(25)11-7-10-17-8-5-4-6-9-17/h4-6,8-9,12-15H,7,10-11,16H2,1-3H3. The van der Waals surface area contributed by atoms with Crippen molar-refractivity contribution < 1.29 is 9.53 Å². The van der Waals surface area contributed by atoms with E-state index in [2.05, 4.69) is 31.1 Å². The number of nitrogens with zero attached hydrogens (tertiary/aromatic N) is 2. The zero-order chi connectivity index (χ0) is 18.6. The smallest absolute Gasteiger partial charge is 0.243 e. The minimum absolute atomic E-state index is 0.0921. The Kier molecular flexibility index (Phi) is 5.40. The van der Waals surface area contributed by atoms with Crippen LogP contribution in [0, 0.1) is 0 Å². The molecular weight excluding hydrogens is 324 g/mol. The first kappa shape index (κ1) is 18.2. The third kappa shape index (κ3) is 4.13. The number of carbonyl (C=O) groups is 1. The third-order valence-corrected chi connectivity index (χ3v) is 4.75. The molecule has 0 atom stereocenters. The van der Waals surface area contributed by atoms with E-state index in [0.717, 1.165) is 36.3 Å². The van der Waals surface area contributed by atoms with Crippen molar-refractivity contribution in [3.63, 3.8) is 0 Å². The molecule has 1 aliphatic heterocycles. The number of hydrazone groups is 1. The van der Waals surface area contributed by atoms with Crippen LogP contribution in [0.5, 0.6) is 5.75 Å². The Hall–Kier alpha value is -2.62. The van der Waals surface area contributed by atoms with Gasteiger partial charge in [-0.1, -0.05) is 30.3 Å². The quantitative estimate of drug-likeness (QED) is 0.773. The Morgan fingerprint density at radius 3 is 2.46 bits per heavy atom. The first-order chi connectivity index (χ1) is 12.5. The van der Waals surface area contributed by atoms with Crippen molar-refractivity contribution in [1.82, 2.24) is 5.01 Å². The van der Waals surface area contributed by atoms with E-state index in [0.29, 0.717) is 6.42 Å². The fraction of sp³-hybridized carbons (Fsp3) is 0.364. The number of amides is 1. The van der Waals surface area contributed by atoms with Crippen molar-refractivity contribution in [3.8, 4) is 5.75 Å². The summed E-state index contributed by atoms with van der Waals surface area (Å²) in [6.07, 6.45) is 3.01. The molecule has 1 aliphatic rings. The third-order valence-electron chi connectivity index (χ3n) is 4.75. The zero-order valence-corrected chi connectivity index (χ0v) is 15.7. The number of ether oxygens (including phenoxy) is 1. The fourth-order valence-corrected chi connectivity index (χ4v) is 3.31. The Morgan fingerprint density at radius 2 is 1.81 bits per heavy atom. The van der Waals surface area contributed by atoms with E-state index in [4.69, 9.17) is 4.74 Å². The van der Waals surface area contributed by atoms with Gasteiger partial charge >= 0.3 is 0 Å². The molecular formula is C22H26N2O2. The van der Waals surface area contributed by atoms with Gasteiger partial charge in [-0.15, -0.1) is 0 Å². The number of carbonyl (C=O) groups excluding carboxylic acids is 1. The van der Waals surface area contributed by atoms with Crippen molar-refractivity contribution in [2.24, 2.45) is 5.10 Å². The lowest BCUT2D eigenvalue weighted by Gasteiger charge is -2.28. The zero-order valence-electron chi connectivity index (χ0n) is 15.7. The summed E-state index contributed by atoms with van der Waals surface area (Å²) in [5.74, 6) is 0.912. The summed E-state index contributed by atoms with van der Waals surface area (Å²) < 4.78 is 5.21. The van der Waals surface area contributed by atoms with E-state index in [9.17, 15) is 4.79 Å². The molecule has 0 saturated heterocycles. The van der Waals surface area contributed by atoms with Crippen LogP contribution >= 0.6 is 0 Å². The second-order valence-electron chi connectivity index (χ2n) is 7.31. The summed E-state index contributed by atoms with van der Waals surface area (Å²) in [5, 5.41) is 6.33. The highest BCUT2D eigenvalue weighted by molar-refractivity contribution is 6.03. The Morgan fingerprint density at radius 1 is 1.12 bits per heavy atom. The molecule has 3 rings (SSSR count). The number of rotatable bonds is 6. The van der Waals surface area contributed by atoms with Crippen LogP contribution in [-0.4, -0.2) is 29.3 Å². The maximum Gasteiger partial charge on any atom is 0.243 e. The van der Waals surface area contributed by atoms with E-state index >= 15 is 0 Å². The predicted molar refractivity (Wildman–Crippen MR) is 104 cm³/mol. The second-order valence-corrected chi connectivity index (χ2v) is 7.31. The lowest BCUT2D eigenvalue weighted by molar-refractivity contribution is -0.135. The van der Waals surface area contributed by atoms with Gasteiger partial charge in [0.25, 0.3) is 0 Å². The maximum atomic E-state index is 12.7. The summed E-state index contributed by atoms with van der Waals surface area (Å²) >= 11 is 0. The Balaban J connectivity index is 1.65. The molecule has 0 aromatic heterocycles. The van der Waals surface area contributed by atoms with Crippen LogP contribution in [0.15, 0.2) is 59.7 Å². The molecule has 0 fully saturated rings. The van der Waals surface area contributed by atoms with Gasteiger partial charge < -0.3 is 4.74 Å². The highest BCUT2D eigenvalue weighted by Gasteiger charge is 2.38. The number of aryl methyl sites for hydroxylation is 1. The number of benzene rings is 2. The molecule has 0 spiro atoms. The molecule has 26 heavy (non-hydrogen) atoms. The largest absolute Gasteiger partial charge is 0.497 e. The van der Waals surface area contributed by atoms with Gasteiger partial charge in [-0.3, -0.25) is 4.79 Å². The minimum Gasteiger partial charge on any atom is -0.497 e. The van der Waals surface area contributed by atoms with Gasteiger partial charge in [0.05, 0.1) is 18.4 Å². The number of methoxy groups -OCH3 is 1. The molecule has 4 heteroatoms. The molecule has 1 amide bonds. The van der Waals surface area contributed by atoms with Crippen molar-refractivity contribution >= 4 is 11.6 Å². The van der Waals surface area contributed by atoms with Gasteiger partial charge in [0.1, 0.15) is 5.75 Å². The second kappa shape index (κ2) is 7.73. The van der Waals surface area contributed by atoms with Crippen LogP contribution in [0.3, 0.4) is 0 Å². The van der Waals surface area contributed by atoms with Crippen LogP contribution in [0.25, 0.3) is 0 Å². The van der Waals surface area contributed by atoms with Gasteiger partial charge in [0, 0.05) is 12.8 Å². The highest BCUT2D eigenvalue weighted by Crippen LogP contribution is 2.30. The molecule has 0 N–H and O–H groups in total. The molecule has 1 heterocycles. The van der Waals surface area contributed by atoms with E-state index in [1.165, 1.54) is 5.56 Å². The average Bonchev–Trinajstić information content (AvgIpc) is 2.98. The summed E-state index contributed by atoms with van der Waals surface area (Å²) in [6, 6.07) is 18.1. The van der Waals surface area contributed by atoms with Crippen LogP contribution in [-0.2, 0) is 11.2 Å². The summed E-state index contributed by atoms with van der Waals surface area (Å²) in [6.45, 7) is 4.14. The minimum atomic E-state index is -0.293. The fourth-order valence-electron chi connectivity index (χ4n) is 3.31. The lowest BCUT2D eigenvalue weighted by Crippen LogP contribution is -2.40. The SMILES string of the molecule is COc1ccc(C2=NN(C(=O)CCCc3ccccc3)C(C)(C)C2)cc1. The number of hydrogen-bond donors (Lipinski definition) is 0.